The van der Waals surface area contributed by atoms with Crippen LogP contribution in [0.25, 0.3) is 0 Å². The van der Waals surface area contributed by atoms with Crippen LogP contribution in [0.15, 0.2) is 0 Å². The maximum Gasteiger partial charge on any atom is 0.146 e. The first-order chi connectivity index (χ1) is 9.91. The van der Waals surface area contributed by atoms with Crippen molar-refractivity contribution in [2.75, 3.05) is 80.0 Å². The van der Waals surface area contributed by atoms with Crippen LogP contribution < -0.4 is 0 Å². The van der Waals surface area contributed by atoms with Gasteiger partial charge in [-0.1, -0.05) is 0 Å². The molecule has 1 radical (unpaired) electrons. The predicted octanol–water partition coefficient (Wildman–Crippen LogP) is 0.481. The van der Waals surface area contributed by atoms with E-state index in [4.69, 9.17) is 28.4 Å². The van der Waals surface area contributed by atoms with Crippen molar-refractivity contribution in [1.29, 1.82) is 0 Å². The van der Waals surface area contributed by atoms with Gasteiger partial charge in [0.25, 0.3) is 0 Å². The van der Waals surface area contributed by atoms with Crippen LogP contribution in [0.5, 0.6) is 0 Å². The highest BCUT2D eigenvalue weighted by atomic mass is 16.7. The van der Waals surface area contributed by atoms with E-state index in [1.165, 1.54) is 0 Å². The van der Waals surface area contributed by atoms with E-state index in [9.17, 15) is 0 Å². The van der Waals surface area contributed by atoms with Crippen LogP contribution in [0.3, 0.4) is 0 Å². The van der Waals surface area contributed by atoms with Crippen molar-refractivity contribution in [2.24, 2.45) is 0 Å². The molecule has 0 aliphatic rings. The molecular weight excluding hydrogens is 268 g/mol. The van der Waals surface area contributed by atoms with Gasteiger partial charge in [0.2, 0.25) is 0 Å². The lowest BCUT2D eigenvalue weighted by Gasteiger charge is -2.07. The van der Waals surface area contributed by atoms with E-state index in [-0.39, 0.29) is 6.79 Å². The molecule has 0 amide bonds. The van der Waals surface area contributed by atoms with E-state index in [2.05, 4.69) is 11.8 Å². The summed E-state index contributed by atoms with van der Waals surface area (Å²) >= 11 is 0. The zero-order chi connectivity index (χ0) is 14.7. The lowest BCUT2D eigenvalue weighted by Crippen LogP contribution is -2.13. The average Bonchev–Trinajstić information content (AvgIpc) is 2.47. The minimum Gasteiger partial charge on any atom is -0.382 e. The Labute approximate surface area is 121 Å². The Morgan fingerprint density at radius 2 is 0.950 bits per heavy atom. The SMILES string of the molecule is [CH2]OCCOCCOCCOCCOCOCCOC. The lowest BCUT2D eigenvalue weighted by atomic mass is 10.7. The Morgan fingerprint density at radius 1 is 0.550 bits per heavy atom. The normalized spacial score (nSPS) is 11.1. The van der Waals surface area contributed by atoms with Gasteiger partial charge in [0.15, 0.2) is 0 Å². The van der Waals surface area contributed by atoms with Crippen molar-refractivity contribution >= 4 is 0 Å². The van der Waals surface area contributed by atoms with Crippen molar-refractivity contribution in [3.8, 4) is 0 Å². The van der Waals surface area contributed by atoms with Crippen molar-refractivity contribution in [3.05, 3.63) is 7.11 Å². The van der Waals surface area contributed by atoms with Gasteiger partial charge >= 0.3 is 0 Å². The van der Waals surface area contributed by atoms with Crippen LogP contribution in [-0.4, -0.2) is 80.0 Å². The summed E-state index contributed by atoms with van der Waals surface area (Å²) in [6, 6.07) is 0. The van der Waals surface area contributed by atoms with Gasteiger partial charge in [-0.2, -0.15) is 0 Å². The van der Waals surface area contributed by atoms with Crippen molar-refractivity contribution < 1.29 is 33.2 Å². The molecule has 0 aliphatic carbocycles. The average molecular weight is 295 g/mol. The molecule has 7 heteroatoms. The summed E-state index contributed by atoms with van der Waals surface area (Å²) in [4.78, 5) is 0. The second-order valence-corrected chi connectivity index (χ2v) is 3.67. The zero-order valence-corrected chi connectivity index (χ0v) is 12.3. The summed E-state index contributed by atoms with van der Waals surface area (Å²) in [7, 11) is 4.87. The molecule has 0 aromatic rings. The van der Waals surface area contributed by atoms with Crippen molar-refractivity contribution in [3.63, 3.8) is 0 Å². The van der Waals surface area contributed by atoms with Crippen LogP contribution in [0.4, 0.5) is 0 Å². The van der Waals surface area contributed by atoms with Crippen LogP contribution in [0, 0.1) is 7.11 Å². The Hall–Kier alpha value is -0.280. The first kappa shape index (κ1) is 19.7. The smallest absolute Gasteiger partial charge is 0.146 e. The molecule has 0 heterocycles. The maximum atomic E-state index is 5.31. The van der Waals surface area contributed by atoms with E-state index in [0.29, 0.717) is 66.1 Å². The van der Waals surface area contributed by atoms with E-state index < -0.39 is 0 Å². The standard InChI is InChI=1S/C13H27O7/c1-14-3-5-16-7-8-17-9-10-18-11-12-20-13-19-6-4-15-2/h1,3-13H2,2H3. The van der Waals surface area contributed by atoms with E-state index in [1.54, 1.807) is 7.11 Å². The quantitative estimate of drug-likeness (QED) is 0.286. The highest BCUT2D eigenvalue weighted by Crippen LogP contribution is 1.84. The minimum absolute atomic E-state index is 0.261. The fourth-order valence-corrected chi connectivity index (χ4v) is 1.10. The molecule has 0 bridgehead atoms. The molecule has 0 atom stereocenters. The topological polar surface area (TPSA) is 64.6 Å². The predicted molar refractivity (Wildman–Crippen MR) is 72.4 cm³/mol. The van der Waals surface area contributed by atoms with Gasteiger partial charge in [-0.25, -0.2) is 0 Å². The first-order valence-corrected chi connectivity index (χ1v) is 6.66. The maximum absolute atomic E-state index is 5.31. The fraction of sp³-hybridized carbons (Fsp3) is 0.923. The van der Waals surface area contributed by atoms with E-state index in [1.807, 2.05) is 0 Å². The van der Waals surface area contributed by atoms with Gasteiger partial charge in [0.1, 0.15) is 6.79 Å². The van der Waals surface area contributed by atoms with Gasteiger partial charge in [-0.15, -0.1) is 0 Å². The molecule has 0 unspecified atom stereocenters. The third kappa shape index (κ3) is 17.7. The Morgan fingerprint density at radius 3 is 1.40 bits per heavy atom. The Bertz CT molecular complexity index is 151. The summed E-state index contributed by atoms with van der Waals surface area (Å²) in [6.45, 7) is 5.60. The molecule has 7 nitrogen and oxygen atoms in total. The molecule has 121 valence electrons. The highest BCUT2D eigenvalue weighted by Gasteiger charge is 1.93. The van der Waals surface area contributed by atoms with Crippen LogP contribution in [0.2, 0.25) is 0 Å². The highest BCUT2D eigenvalue weighted by molar-refractivity contribution is 4.35. The zero-order valence-electron chi connectivity index (χ0n) is 12.3. The molecule has 0 aliphatic heterocycles. The second-order valence-electron chi connectivity index (χ2n) is 3.67. The van der Waals surface area contributed by atoms with Gasteiger partial charge in [-0.3, -0.25) is 0 Å². The fourth-order valence-electron chi connectivity index (χ4n) is 1.10. The molecule has 0 N–H and O–H groups in total. The van der Waals surface area contributed by atoms with E-state index in [0.717, 1.165) is 0 Å². The molecule has 0 aromatic heterocycles. The second kappa shape index (κ2) is 18.7. The summed E-state index contributed by atoms with van der Waals surface area (Å²) < 4.78 is 35.5. The molecule has 0 rings (SSSR count). The molecular formula is C13H27O7. The number of methoxy groups -OCH3 is 1. The lowest BCUT2D eigenvalue weighted by molar-refractivity contribution is -0.0814. The number of hydrogen-bond acceptors (Lipinski definition) is 7. The summed E-state index contributed by atoms with van der Waals surface area (Å²) in [6.07, 6.45) is 0. The van der Waals surface area contributed by atoms with Crippen LogP contribution >= 0.6 is 0 Å². The molecule has 0 saturated carbocycles. The molecule has 0 fully saturated rings. The van der Waals surface area contributed by atoms with E-state index >= 15 is 0 Å². The van der Waals surface area contributed by atoms with Crippen molar-refractivity contribution in [2.45, 2.75) is 0 Å². The third-order valence-corrected chi connectivity index (χ3v) is 2.09. The van der Waals surface area contributed by atoms with Crippen LogP contribution in [-0.2, 0) is 33.2 Å². The van der Waals surface area contributed by atoms with Crippen LogP contribution in [0.1, 0.15) is 0 Å². The third-order valence-electron chi connectivity index (χ3n) is 2.09. The molecule has 0 spiro atoms. The Kier molecular flexibility index (Phi) is 18.5. The summed E-state index contributed by atoms with van der Waals surface area (Å²) in [5.41, 5.74) is 0. The van der Waals surface area contributed by atoms with Gasteiger partial charge < -0.3 is 33.2 Å². The number of rotatable bonds is 17. The largest absolute Gasteiger partial charge is 0.382 e. The van der Waals surface area contributed by atoms with Gasteiger partial charge in [-0.05, 0) is 0 Å². The molecule has 0 saturated heterocycles. The number of ether oxygens (including phenoxy) is 7. The summed E-state index contributed by atoms with van der Waals surface area (Å²) in [5.74, 6) is 0. The monoisotopic (exact) mass is 295 g/mol. The van der Waals surface area contributed by atoms with Crippen molar-refractivity contribution in [1.82, 2.24) is 0 Å². The Balaban J connectivity index is 2.89. The minimum atomic E-state index is 0.261. The van der Waals surface area contributed by atoms with Gasteiger partial charge in [0, 0.05) is 7.11 Å². The summed E-state index contributed by atoms with van der Waals surface area (Å²) in [5, 5.41) is 0. The molecule has 0 aromatic carbocycles. The number of hydrogen-bond donors (Lipinski definition) is 0. The van der Waals surface area contributed by atoms with Gasteiger partial charge in [0.05, 0.1) is 73.2 Å². The molecule has 20 heavy (non-hydrogen) atoms. The first-order valence-electron chi connectivity index (χ1n) is 6.66.